The minimum absolute atomic E-state index is 0.0362. The first-order valence-electron chi connectivity index (χ1n) is 5.83. The molecule has 0 aliphatic heterocycles. The van der Waals surface area contributed by atoms with Gasteiger partial charge in [-0.15, -0.1) is 0 Å². The zero-order valence-electron chi connectivity index (χ0n) is 11.0. The summed E-state index contributed by atoms with van der Waals surface area (Å²) in [6, 6.07) is 7.94. The molecule has 0 atom stereocenters. The smallest absolute Gasteiger partial charge is 0.276 e. The van der Waals surface area contributed by atoms with Crippen molar-refractivity contribution in [1.82, 2.24) is 4.98 Å². The van der Waals surface area contributed by atoms with Gasteiger partial charge in [-0.2, -0.15) is 0 Å². The van der Waals surface area contributed by atoms with Gasteiger partial charge in [-0.05, 0) is 30.3 Å². The molecule has 8 heteroatoms. The molecule has 0 radical (unpaired) electrons. The van der Waals surface area contributed by atoms with E-state index in [1.54, 1.807) is 24.3 Å². The average Bonchev–Trinajstić information content (AvgIpc) is 2.48. The van der Waals surface area contributed by atoms with Crippen molar-refractivity contribution in [3.05, 3.63) is 46.1 Å². The van der Waals surface area contributed by atoms with Crippen molar-refractivity contribution in [3.63, 3.8) is 0 Å². The predicted octanol–water partition coefficient (Wildman–Crippen LogP) is 2.93. The van der Waals surface area contributed by atoms with Gasteiger partial charge in [-0.25, -0.2) is 10.8 Å². The van der Waals surface area contributed by atoms with Crippen molar-refractivity contribution in [2.24, 2.45) is 5.84 Å². The van der Waals surface area contributed by atoms with Crippen LogP contribution in [0.25, 0.3) is 0 Å². The van der Waals surface area contributed by atoms with Gasteiger partial charge in [0.1, 0.15) is 17.3 Å². The molecule has 2 aromatic rings. The topological polar surface area (TPSA) is 89.3 Å². The Morgan fingerprint density at radius 1 is 1.29 bits per heavy atom. The van der Waals surface area contributed by atoms with E-state index in [4.69, 9.17) is 33.8 Å². The second-order valence-electron chi connectivity index (χ2n) is 3.97. The summed E-state index contributed by atoms with van der Waals surface area (Å²) >= 11 is 11.9. The lowest BCUT2D eigenvalue weighted by atomic mass is 10.2. The number of methoxy groups -OCH3 is 1. The molecule has 0 fully saturated rings. The number of hydrogen-bond donors (Lipinski definition) is 3. The summed E-state index contributed by atoms with van der Waals surface area (Å²) in [5, 5.41) is 3.31. The second kappa shape index (κ2) is 6.62. The molecule has 0 aliphatic rings. The zero-order chi connectivity index (χ0) is 15.4. The fourth-order valence-corrected chi connectivity index (χ4v) is 2.00. The number of amides is 1. The Balaban J connectivity index is 2.32. The third-order valence-electron chi connectivity index (χ3n) is 2.62. The van der Waals surface area contributed by atoms with Crippen LogP contribution in [0.2, 0.25) is 10.0 Å². The van der Waals surface area contributed by atoms with Crippen molar-refractivity contribution in [2.75, 3.05) is 17.9 Å². The molecule has 110 valence electrons. The van der Waals surface area contributed by atoms with E-state index in [9.17, 15) is 4.79 Å². The van der Waals surface area contributed by atoms with E-state index in [0.717, 1.165) is 0 Å². The molecular weight excluding hydrogens is 315 g/mol. The van der Waals surface area contributed by atoms with Gasteiger partial charge < -0.3 is 15.5 Å². The molecule has 21 heavy (non-hydrogen) atoms. The molecule has 0 unspecified atom stereocenters. The minimum Gasteiger partial charge on any atom is -0.495 e. The van der Waals surface area contributed by atoms with Crippen molar-refractivity contribution < 1.29 is 9.53 Å². The normalized spacial score (nSPS) is 10.1. The quantitative estimate of drug-likeness (QED) is 0.593. The molecule has 0 bridgehead atoms. The van der Waals surface area contributed by atoms with E-state index in [-0.39, 0.29) is 10.7 Å². The summed E-state index contributed by atoms with van der Waals surface area (Å²) in [4.78, 5) is 16.3. The molecule has 1 aromatic carbocycles. The first kappa shape index (κ1) is 15.4. The number of nitrogen functional groups attached to an aromatic ring is 1. The summed E-state index contributed by atoms with van der Waals surface area (Å²) in [5.74, 6) is 5.55. The third kappa shape index (κ3) is 3.55. The number of nitrogens with one attached hydrogen (secondary N) is 2. The Morgan fingerprint density at radius 2 is 2.05 bits per heavy atom. The van der Waals surface area contributed by atoms with Crippen LogP contribution in [0.1, 0.15) is 10.5 Å². The van der Waals surface area contributed by atoms with E-state index >= 15 is 0 Å². The number of ether oxygens (including phenoxy) is 1. The molecule has 2 rings (SSSR count). The highest BCUT2D eigenvalue weighted by atomic mass is 35.5. The molecule has 6 nitrogen and oxygen atoms in total. The third-order valence-corrected chi connectivity index (χ3v) is 3.16. The Hall–Kier alpha value is -2.02. The van der Waals surface area contributed by atoms with Gasteiger partial charge >= 0.3 is 0 Å². The van der Waals surface area contributed by atoms with Crippen LogP contribution in [-0.2, 0) is 0 Å². The number of hydrogen-bond acceptors (Lipinski definition) is 5. The number of hydrazine groups is 1. The summed E-state index contributed by atoms with van der Waals surface area (Å²) in [5.41, 5.74) is 2.80. The maximum absolute atomic E-state index is 12.3. The van der Waals surface area contributed by atoms with Crippen molar-refractivity contribution in [1.29, 1.82) is 0 Å². The fraction of sp³-hybridized carbons (Fsp3) is 0.0769. The number of carbonyl (C=O) groups is 1. The molecule has 1 heterocycles. The number of benzene rings is 1. The van der Waals surface area contributed by atoms with Crippen LogP contribution in [0.3, 0.4) is 0 Å². The van der Waals surface area contributed by atoms with E-state index in [1.807, 2.05) is 0 Å². The molecule has 1 amide bonds. The lowest BCUT2D eigenvalue weighted by Crippen LogP contribution is -2.17. The van der Waals surface area contributed by atoms with Crippen molar-refractivity contribution in [3.8, 4) is 5.75 Å². The zero-order valence-corrected chi connectivity index (χ0v) is 12.5. The average molecular weight is 327 g/mol. The Bertz CT molecular complexity index is 679. The number of nitrogens with zero attached hydrogens (tertiary/aromatic N) is 1. The van der Waals surface area contributed by atoms with Crippen LogP contribution < -0.4 is 21.3 Å². The summed E-state index contributed by atoms with van der Waals surface area (Å²) < 4.78 is 5.15. The van der Waals surface area contributed by atoms with Crippen LogP contribution in [0.15, 0.2) is 30.3 Å². The largest absolute Gasteiger partial charge is 0.495 e. The summed E-state index contributed by atoms with van der Waals surface area (Å²) in [6.07, 6.45) is 0. The number of pyridine rings is 1. The molecule has 4 N–H and O–H groups in total. The van der Waals surface area contributed by atoms with Crippen LogP contribution in [0.4, 0.5) is 11.5 Å². The Morgan fingerprint density at radius 3 is 2.71 bits per heavy atom. The van der Waals surface area contributed by atoms with Crippen LogP contribution in [0.5, 0.6) is 5.75 Å². The van der Waals surface area contributed by atoms with E-state index in [0.29, 0.717) is 22.3 Å². The van der Waals surface area contributed by atoms with Gasteiger partial charge in [0, 0.05) is 5.02 Å². The minimum atomic E-state index is -0.502. The number of halogens is 2. The molecule has 1 aromatic heterocycles. The highest BCUT2D eigenvalue weighted by Crippen LogP contribution is 2.28. The van der Waals surface area contributed by atoms with Crippen molar-refractivity contribution >= 4 is 40.6 Å². The maximum Gasteiger partial charge on any atom is 0.276 e. The summed E-state index contributed by atoms with van der Waals surface area (Å²) in [7, 11) is 1.49. The Labute approximate surface area is 131 Å². The van der Waals surface area contributed by atoms with E-state index in [1.165, 1.54) is 13.2 Å². The lowest BCUT2D eigenvalue weighted by molar-refractivity contribution is 0.102. The number of aromatic nitrogens is 1. The SMILES string of the molecule is COc1ccc(Cl)cc1NC(=O)c1nc(NN)ccc1Cl. The standard InChI is InChI=1S/C13H12Cl2N4O2/c1-21-10-4-2-7(14)6-9(10)17-13(20)12-8(15)3-5-11(18-12)19-16/h2-6H,16H2,1H3,(H,17,20)(H,18,19). The summed E-state index contributed by atoms with van der Waals surface area (Å²) in [6.45, 7) is 0. The number of nitrogens with two attached hydrogens (primary N) is 1. The molecular formula is C13H12Cl2N4O2. The highest BCUT2D eigenvalue weighted by molar-refractivity contribution is 6.34. The van der Waals surface area contributed by atoms with Gasteiger partial charge in [0.25, 0.3) is 5.91 Å². The van der Waals surface area contributed by atoms with Crippen LogP contribution in [-0.4, -0.2) is 18.0 Å². The molecule has 0 aliphatic carbocycles. The number of carbonyl (C=O) groups excluding carboxylic acids is 1. The van der Waals surface area contributed by atoms with Gasteiger partial charge in [-0.3, -0.25) is 4.79 Å². The molecule has 0 spiro atoms. The van der Waals surface area contributed by atoms with Crippen LogP contribution in [0, 0.1) is 0 Å². The maximum atomic E-state index is 12.3. The second-order valence-corrected chi connectivity index (χ2v) is 4.81. The fourth-order valence-electron chi connectivity index (χ4n) is 1.64. The molecule has 0 saturated carbocycles. The van der Waals surface area contributed by atoms with Crippen molar-refractivity contribution in [2.45, 2.75) is 0 Å². The first-order valence-corrected chi connectivity index (χ1v) is 6.58. The Kier molecular flexibility index (Phi) is 4.85. The van der Waals surface area contributed by atoms with Gasteiger partial charge in [0.15, 0.2) is 0 Å². The van der Waals surface area contributed by atoms with Gasteiger partial charge in [-0.1, -0.05) is 23.2 Å². The molecule has 0 saturated heterocycles. The predicted molar refractivity (Wildman–Crippen MR) is 83.0 cm³/mol. The van der Waals surface area contributed by atoms with Crippen LogP contribution >= 0.6 is 23.2 Å². The number of anilines is 2. The monoisotopic (exact) mass is 326 g/mol. The lowest BCUT2D eigenvalue weighted by Gasteiger charge is -2.11. The number of rotatable bonds is 4. The van der Waals surface area contributed by atoms with E-state index < -0.39 is 5.91 Å². The highest BCUT2D eigenvalue weighted by Gasteiger charge is 2.15. The van der Waals surface area contributed by atoms with Gasteiger partial charge in [0.2, 0.25) is 0 Å². The van der Waals surface area contributed by atoms with E-state index in [2.05, 4.69) is 15.7 Å². The van der Waals surface area contributed by atoms with Gasteiger partial charge in [0.05, 0.1) is 17.8 Å². The first-order chi connectivity index (χ1) is 10.0.